The van der Waals surface area contributed by atoms with Gasteiger partial charge in [0.2, 0.25) is 0 Å². The molecule has 8 aromatic carbocycles. The first-order chi connectivity index (χ1) is 29.7. The van der Waals surface area contributed by atoms with Crippen LogP contribution in [-0.4, -0.2) is 21.1 Å². The molecule has 2 aliphatic rings. The van der Waals surface area contributed by atoms with Crippen LogP contribution < -0.4 is 4.74 Å². The molecule has 0 radical (unpaired) electrons. The third-order valence-corrected chi connectivity index (χ3v) is 11.9. The molecule has 2 aromatic heterocycles. The molecule has 0 spiro atoms. The predicted octanol–water partition coefficient (Wildman–Crippen LogP) is 13.9. The Bertz CT molecular complexity index is 3350. The lowest BCUT2D eigenvalue weighted by Crippen LogP contribution is -2.16. The van der Waals surface area contributed by atoms with Crippen LogP contribution in [0.15, 0.2) is 205 Å². The molecule has 0 fully saturated rings. The zero-order valence-electron chi connectivity index (χ0n) is 32.4. The fourth-order valence-corrected chi connectivity index (χ4v) is 9.11. The number of nitrogens with zero attached hydrogens (tertiary/aromatic N) is 3. The standard InChI is InChI=1S/C55H35N3O2/c1-3-14-34(15-4-1)35-26-28-37(29-27-35)53-56-54(45-22-13-25-49-50(45)43-20-9-11-23-47(43)59-49)58-55(57-53)46-33-32-42(52-51(46)44-21-10-12-24-48(44)60-52)41-31-30-38(36-16-5-2-6-17-36)39-18-7-8-19-40(39)41/h1-33,43,47H. The van der Waals surface area contributed by atoms with Crippen LogP contribution in [0, 0.1) is 0 Å². The number of hydrogen-bond acceptors (Lipinski definition) is 5. The van der Waals surface area contributed by atoms with Gasteiger partial charge in [-0.1, -0.05) is 170 Å². The number of hydrogen-bond donors (Lipinski definition) is 0. The van der Waals surface area contributed by atoms with E-state index in [1.807, 2.05) is 30.3 Å². The van der Waals surface area contributed by atoms with Gasteiger partial charge in [-0.25, -0.2) is 15.0 Å². The minimum absolute atomic E-state index is 0.0573. The lowest BCUT2D eigenvalue weighted by molar-refractivity contribution is 0.269. The van der Waals surface area contributed by atoms with E-state index in [1.54, 1.807) is 0 Å². The molecule has 282 valence electrons. The highest BCUT2D eigenvalue weighted by atomic mass is 16.5. The number of benzene rings is 8. The fourth-order valence-electron chi connectivity index (χ4n) is 9.11. The van der Waals surface area contributed by atoms with Crippen molar-refractivity contribution in [3.63, 3.8) is 0 Å². The van der Waals surface area contributed by atoms with Crippen LogP contribution in [0.5, 0.6) is 5.75 Å². The van der Waals surface area contributed by atoms with Crippen LogP contribution in [0.1, 0.15) is 11.5 Å². The maximum Gasteiger partial charge on any atom is 0.164 e. The summed E-state index contributed by atoms with van der Waals surface area (Å²) < 4.78 is 13.3. The maximum absolute atomic E-state index is 6.87. The van der Waals surface area contributed by atoms with Gasteiger partial charge in [0.1, 0.15) is 23.0 Å². The van der Waals surface area contributed by atoms with Crippen LogP contribution in [0.3, 0.4) is 0 Å². The number of ether oxygens (including phenoxy) is 1. The van der Waals surface area contributed by atoms with Gasteiger partial charge < -0.3 is 9.15 Å². The summed E-state index contributed by atoms with van der Waals surface area (Å²) in [6, 6.07) is 61.3. The van der Waals surface area contributed by atoms with Gasteiger partial charge >= 0.3 is 0 Å². The fraction of sp³-hybridized carbons (Fsp3) is 0.0364. The van der Waals surface area contributed by atoms with E-state index in [1.165, 1.54) is 16.5 Å². The zero-order chi connectivity index (χ0) is 39.6. The summed E-state index contributed by atoms with van der Waals surface area (Å²) in [6.07, 6.45) is 8.40. The van der Waals surface area contributed by atoms with Crippen molar-refractivity contribution in [3.8, 4) is 73.3 Å². The van der Waals surface area contributed by atoms with E-state index in [4.69, 9.17) is 24.1 Å². The highest BCUT2D eigenvalue weighted by Gasteiger charge is 2.35. The van der Waals surface area contributed by atoms with Gasteiger partial charge in [0.25, 0.3) is 0 Å². The molecular formula is C55H35N3O2. The Hall–Kier alpha value is -7.89. The Morgan fingerprint density at radius 1 is 0.383 bits per heavy atom. The van der Waals surface area contributed by atoms with E-state index in [9.17, 15) is 0 Å². The molecule has 2 unspecified atom stereocenters. The smallest absolute Gasteiger partial charge is 0.164 e. The Morgan fingerprint density at radius 3 is 1.77 bits per heavy atom. The van der Waals surface area contributed by atoms with Crippen molar-refractivity contribution in [1.82, 2.24) is 15.0 Å². The highest BCUT2D eigenvalue weighted by molar-refractivity contribution is 6.18. The van der Waals surface area contributed by atoms with Crippen LogP contribution in [0.2, 0.25) is 0 Å². The third kappa shape index (κ3) is 5.58. The van der Waals surface area contributed by atoms with E-state index >= 15 is 0 Å². The molecule has 1 aliphatic carbocycles. The van der Waals surface area contributed by atoms with Gasteiger partial charge in [-0.15, -0.1) is 0 Å². The second-order valence-electron chi connectivity index (χ2n) is 15.4. The summed E-state index contributed by atoms with van der Waals surface area (Å²) >= 11 is 0. The molecule has 0 amide bonds. The number of allylic oxidation sites excluding steroid dienone is 2. The second-order valence-corrected chi connectivity index (χ2v) is 15.4. The van der Waals surface area contributed by atoms with E-state index in [0.717, 1.165) is 77.6 Å². The highest BCUT2D eigenvalue weighted by Crippen LogP contribution is 2.47. The predicted molar refractivity (Wildman–Crippen MR) is 243 cm³/mol. The zero-order valence-corrected chi connectivity index (χ0v) is 32.4. The summed E-state index contributed by atoms with van der Waals surface area (Å²) in [5.74, 6) is 2.67. The largest absolute Gasteiger partial charge is 0.485 e. The minimum atomic E-state index is -0.0697. The Balaban J connectivity index is 1.08. The summed E-state index contributed by atoms with van der Waals surface area (Å²) in [7, 11) is 0. The van der Waals surface area contributed by atoms with Crippen molar-refractivity contribution >= 4 is 32.7 Å². The average Bonchev–Trinajstić information content (AvgIpc) is 3.91. The summed E-state index contributed by atoms with van der Waals surface area (Å²) in [4.78, 5) is 15.9. The van der Waals surface area contributed by atoms with E-state index < -0.39 is 0 Å². The van der Waals surface area contributed by atoms with E-state index in [0.29, 0.717) is 17.5 Å². The molecule has 5 heteroatoms. The van der Waals surface area contributed by atoms with Crippen molar-refractivity contribution in [1.29, 1.82) is 0 Å². The molecule has 3 heterocycles. The first-order valence-corrected chi connectivity index (χ1v) is 20.3. The number of para-hydroxylation sites is 1. The van der Waals surface area contributed by atoms with E-state index in [2.05, 4.69) is 170 Å². The molecular weight excluding hydrogens is 735 g/mol. The Labute approximate surface area is 346 Å². The van der Waals surface area contributed by atoms with Gasteiger partial charge in [-0.05, 0) is 68.9 Å². The van der Waals surface area contributed by atoms with Gasteiger partial charge in [0.15, 0.2) is 17.5 Å². The topological polar surface area (TPSA) is 61.0 Å². The van der Waals surface area contributed by atoms with Crippen molar-refractivity contribution in [3.05, 3.63) is 206 Å². The van der Waals surface area contributed by atoms with Crippen LogP contribution >= 0.6 is 0 Å². The molecule has 0 N–H and O–H groups in total. The summed E-state index contributed by atoms with van der Waals surface area (Å²) in [5, 5.41) is 4.30. The molecule has 1 aliphatic heterocycles. The number of furan rings is 1. The van der Waals surface area contributed by atoms with E-state index in [-0.39, 0.29) is 12.0 Å². The van der Waals surface area contributed by atoms with Gasteiger partial charge in [0.05, 0.1) is 0 Å². The quantitative estimate of drug-likeness (QED) is 0.169. The molecule has 2 atom stereocenters. The number of rotatable bonds is 6. The lowest BCUT2D eigenvalue weighted by atomic mass is 9.88. The molecule has 0 saturated carbocycles. The minimum Gasteiger partial charge on any atom is -0.485 e. The summed E-state index contributed by atoms with van der Waals surface area (Å²) in [5.41, 5.74) is 12.1. The Morgan fingerprint density at radius 2 is 0.967 bits per heavy atom. The SMILES string of the molecule is C1=CC2Oc3cccc(-c4nc(-c5ccc(-c6ccccc6)cc5)nc(-c5ccc(-c6ccc(-c7ccccc7)c7ccccc67)c6oc7ccccc7c56)n4)c3C2C=C1. The van der Waals surface area contributed by atoms with Crippen LogP contribution in [0.25, 0.3) is 100 Å². The molecule has 5 nitrogen and oxygen atoms in total. The molecule has 12 rings (SSSR count). The lowest BCUT2D eigenvalue weighted by Gasteiger charge is -2.16. The van der Waals surface area contributed by atoms with Gasteiger partial charge in [0, 0.05) is 44.5 Å². The molecule has 10 aromatic rings. The molecule has 60 heavy (non-hydrogen) atoms. The third-order valence-electron chi connectivity index (χ3n) is 11.9. The van der Waals surface area contributed by atoms with Crippen LogP contribution in [-0.2, 0) is 0 Å². The van der Waals surface area contributed by atoms with Gasteiger partial charge in [-0.3, -0.25) is 0 Å². The average molecular weight is 770 g/mol. The molecule has 0 bridgehead atoms. The van der Waals surface area contributed by atoms with Crippen molar-refractivity contribution < 1.29 is 9.15 Å². The van der Waals surface area contributed by atoms with Crippen molar-refractivity contribution in [2.45, 2.75) is 12.0 Å². The number of aromatic nitrogens is 3. The second kappa shape index (κ2) is 13.9. The van der Waals surface area contributed by atoms with Crippen molar-refractivity contribution in [2.75, 3.05) is 0 Å². The first-order valence-electron chi connectivity index (χ1n) is 20.3. The van der Waals surface area contributed by atoms with Crippen molar-refractivity contribution in [2.24, 2.45) is 0 Å². The molecule has 0 saturated heterocycles. The first kappa shape index (κ1) is 34.2. The summed E-state index contributed by atoms with van der Waals surface area (Å²) in [6.45, 7) is 0. The maximum atomic E-state index is 6.87. The van der Waals surface area contributed by atoms with Gasteiger partial charge in [-0.2, -0.15) is 0 Å². The van der Waals surface area contributed by atoms with Crippen LogP contribution in [0.4, 0.5) is 0 Å². The normalized spacial score (nSPS) is 15.3. The number of fused-ring (bicyclic) bond motifs is 7. The Kier molecular flexibility index (Phi) is 7.91. The monoisotopic (exact) mass is 769 g/mol.